The zero-order valence-corrected chi connectivity index (χ0v) is 11.4. The van der Waals surface area contributed by atoms with Crippen molar-refractivity contribution < 1.29 is 4.79 Å². The number of nitrogen functional groups attached to an aromatic ring is 1. The second-order valence-electron chi connectivity index (χ2n) is 5.29. The van der Waals surface area contributed by atoms with Crippen molar-refractivity contribution in [3.63, 3.8) is 0 Å². The van der Waals surface area contributed by atoms with Gasteiger partial charge in [0.15, 0.2) is 0 Å². The maximum Gasteiger partial charge on any atom is 0.256 e. The van der Waals surface area contributed by atoms with Crippen molar-refractivity contribution in [3.8, 4) is 0 Å². The van der Waals surface area contributed by atoms with E-state index in [0.29, 0.717) is 23.3 Å². The average Bonchev–Trinajstić information content (AvgIpc) is 2.72. The van der Waals surface area contributed by atoms with Gasteiger partial charge in [0, 0.05) is 17.8 Å². The van der Waals surface area contributed by atoms with Gasteiger partial charge in [-0.2, -0.15) is 0 Å². The van der Waals surface area contributed by atoms with Crippen LogP contribution in [0, 0.1) is 6.92 Å². The molecule has 1 aliphatic rings. The Morgan fingerprint density at radius 3 is 2.83 bits per heavy atom. The van der Waals surface area contributed by atoms with E-state index in [0.717, 1.165) is 24.8 Å². The van der Waals surface area contributed by atoms with Gasteiger partial charge in [0.2, 0.25) is 0 Å². The number of amides is 1. The van der Waals surface area contributed by atoms with Crippen molar-refractivity contribution in [1.29, 1.82) is 0 Å². The first-order valence-electron chi connectivity index (χ1n) is 6.73. The summed E-state index contributed by atoms with van der Waals surface area (Å²) in [4.78, 5) is 14.7. The molecule has 1 amide bonds. The highest BCUT2D eigenvalue weighted by molar-refractivity contribution is 5.99. The van der Waals surface area contributed by atoms with E-state index in [1.54, 1.807) is 0 Å². The minimum atomic E-state index is 0.0908. The fourth-order valence-electron chi connectivity index (χ4n) is 2.83. The van der Waals surface area contributed by atoms with Crippen LogP contribution in [0.3, 0.4) is 0 Å². The molecule has 1 heterocycles. The smallest absolute Gasteiger partial charge is 0.256 e. The Balaban J connectivity index is 2.32. The number of hydrogen-bond acceptors (Lipinski definition) is 2. The van der Waals surface area contributed by atoms with Crippen molar-refractivity contribution >= 4 is 11.6 Å². The second-order valence-corrected chi connectivity index (χ2v) is 5.29. The van der Waals surface area contributed by atoms with Crippen LogP contribution in [0.4, 0.5) is 5.69 Å². The van der Waals surface area contributed by atoms with Crippen molar-refractivity contribution in [2.45, 2.75) is 52.1 Å². The highest BCUT2D eigenvalue weighted by Crippen LogP contribution is 2.29. The number of anilines is 1. The summed E-state index contributed by atoms with van der Waals surface area (Å²) in [6.45, 7) is 6.25. The summed E-state index contributed by atoms with van der Waals surface area (Å²) in [5.74, 6) is 0.0908. The number of hydrogen-bond donors (Lipinski definition) is 1. The zero-order chi connectivity index (χ0) is 13.3. The van der Waals surface area contributed by atoms with E-state index in [4.69, 9.17) is 5.73 Å². The Bertz CT molecular complexity index is 456. The molecule has 1 saturated heterocycles. The third-order valence-corrected chi connectivity index (χ3v) is 3.93. The molecule has 2 N–H and O–H groups in total. The van der Waals surface area contributed by atoms with E-state index in [-0.39, 0.29) is 5.91 Å². The molecule has 1 aliphatic heterocycles. The molecule has 0 saturated carbocycles. The van der Waals surface area contributed by atoms with Crippen LogP contribution in [0.15, 0.2) is 18.2 Å². The lowest BCUT2D eigenvalue weighted by molar-refractivity contribution is 0.0677. The first-order valence-corrected chi connectivity index (χ1v) is 6.73. The summed E-state index contributed by atoms with van der Waals surface area (Å²) < 4.78 is 0. The number of nitrogens with zero attached hydrogens (tertiary/aromatic N) is 1. The van der Waals surface area contributed by atoms with Crippen molar-refractivity contribution in [1.82, 2.24) is 4.90 Å². The molecule has 0 spiro atoms. The topological polar surface area (TPSA) is 46.3 Å². The second kappa shape index (κ2) is 5.01. The number of carbonyl (C=O) groups is 1. The standard InChI is InChI=1S/C15H22N2O/c1-4-12-7-6-11(3)17(12)15(18)13-9-10(2)5-8-14(13)16/h5,8-9,11-12H,4,6-7,16H2,1-3H3. The maximum atomic E-state index is 12.6. The fourth-order valence-corrected chi connectivity index (χ4v) is 2.83. The van der Waals surface area contributed by atoms with Crippen LogP contribution in [-0.4, -0.2) is 22.9 Å². The summed E-state index contributed by atoms with van der Waals surface area (Å²) in [5, 5.41) is 0. The van der Waals surface area contributed by atoms with Gasteiger partial charge in [0.25, 0.3) is 5.91 Å². The largest absolute Gasteiger partial charge is 0.398 e. The van der Waals surface area contributed by atoms with E-state index < -0.39 is 0 Å². The normalized spacial score (nSPS) is 23.4. The van der Waals surface area contributed by atoms with Crippen molar-refractivity contribution in [2.24, 2.45) is 0 Å². The van der Waals surface area contributed by atoms with Crippen molar-refractivity contribution in [3.05, 3.63) is 29.3 Å². The first kappa shape index (κ1) is 12.9. The number of carbonyl (C=O) groups excluding carboxylic acids is 1. The van der Waals surface area contributed by atoms with Crippen LogP contribution in [0.1, 0.15) is 49.0 Å². The fraction of sp³-hybridized carbons (Fsp3) is 0.533. The molecule has 0 bridgehead atoms. The molecule has 3 heteroatoms. The highest BCUT2D eigenvalue weighted by atomic mass is 16.2. The number of benzene rings is 1. The quantitative estimate of drug-likeness (QED) is 0.815. The van der Waals surface area contributed by atoms with E-state index in [2.05, 4.69) is 13.8 Å². The molecule has 2 rings (SSSR count). The lowest BCUT2D eigenvalue weighted by Crippen LogP contribution is -2.40. The molecule has 0 aliphatic carbocycles. The predicted octanol–water partition coefficient (Wildman–Crippen LogP) is 2.98. The molecule has 2 atom stereocenters. The highest BCUT2D eigenvalue weighted by Gasteiger charge is 2.34. The predicted molar refractivity (Wildman–Crippen MR) is 74.5 cm³/mol. The van der Waals surface area contributed by atoms with E-state index in [9.17, 15) is 4.79 Å². The number of aryl methyl sites for hydroxylation is 1. The van der Waals surface area contributed by atoms with Crippen LogP contribution in [0.25, 0.3) is 0 Å². The monoisotopic (exact) mass is 246 g/mol. The maximum absolute atomic E-state index is 12.6. The summed E-state index contributed by atoms with van der Waals surface area (Å²) >= 11 is 0. The van der Waals surface area contributed by atoms with Gasteiger partial charge >= 0.3 is 0 Å². The molecule has 2 unspecified atom stereocenters. The van der Waals surface area contributed by atoms with Gasteiger partial charge in [-0.3, -0.25) is 4.79 Å². The third kappa shape index (κ3) is 2.22. The molecule has 3 nitrogen and oxygen atoms in total. The SMILES string of the molecule is CCC1CCC(C)N1C(=O)c1cc(C)ccc1N. The number of likely N-dealkylation sites (tertiary alicyclic amines) is 1. The Kier molecular flexibility index (Phi) is 3.60. The van der Waals surface area contributed by atoms with Gasteiger partial charge < -0.3 is 10.6 Å². The summed E-state index contributed by atoms with van der Waals surface area (Å²) in [6.07, 6.45) is 3.22. The average molecular weight is 246 g/mol. The van der Waals surface area contributed by atoms with Gasteiger partial charge in [0.05, 0.1) is 5.56 Å². The zero-order valence-electron chi connectivity index (χ0n) is 11.4. The van der Waals surface area contributed by atoms with Crippen LogP contribution >= 0.6 is 0 Å². The van der Waals surface area contributed by atoms with Crippen LogP contribution < -0.4 is 5.73 Å². The lowest BCUT2D eigenvalue weighted by Gasteiger charge is -2.28. The molecule has 98 valence electrons. The summed E-state index contributed by atoms with van der Waals surface area (Å²) in [7, 11) is 0. The Labute approximate surface area is 109 Å². The molecule has 1 aromatic rings. The molecule has 0 radical (unpaired) electrons. The number of rotatable bonds is 2. The van der Waals surface area contributed by atoms with E-state index in [1.807, 2.05) is 30.0 Å². The Morgan fingerprint density at radius 2 is 2.17 bits per heavy atom. The molecule has 0 aromatic heterocycles. The van der Waals surface area contributed by atoms with Crippen LogP contribution in [0.5, 0.6) is 0 Å². The minimum Gasteiger partial charge on any atom is -0.398 e. The lowest BCUT2D eigenvalue weighted by atomic mass is 10.1. The van der Waals surface area contributed by atoms with Crippen molar-refractivity contribution in [2.75, 3.05) is 5.73 Å². The minimum absolute atomic E-state index is 0.0908. The molecule has 1 fully saturated rings. The number of nitrogens with two attached hydrogens (primary N) is 1. The van der Waals surface area contributed by atoms with Gasteiger partial charge in [-0.15, -0.1) is 0 Å². The van der Waals surface area contributed by atoms with Gasteiger partial charge in [-0.05, 0) is 45.2 Å². The van der Waals surface area contributed by atoms with Gasteiger partial charge in [-0.25, -0.2) is 0 Å². The summed E-state index contributed by atoms with van der Waals surface area (Å²) in [5.41, 5.74) is 8.26. The Morgan fingerprint density at radius 1 is 1.44 bits per heavy atom. The van der Waals surface area contributed by atoms with Crippen LogP contribution in [0.2, 0.25) is 0 Å². The van der Waals surface area contributed by atoms with E-state index >= 15 is 0 Å². The summed E-state index contributed by atoms with van der Waals surface area (Å²) in [6, 6.07) is 6.35. The third-order valence-electron chi connectivity index (χ3n) is 3.93. The molecule has 18 heavy (non-hydrogen) atoms. The van der Waals surface area contributed by atoms with E-state index in [1.165, 1.54) is 0 Å². The van der Waals surface area contributed by atoms with Gasteiger partial charge in [0.1, 0.15) is 0 Å². The Hall–Kier alpha value is -1.51. The van der Waals surface area contributed by atoms with Crippen LogP contribution in [-0.2, 0) is 0 Å². The first-order chi connectivity index (χ1) is 8.54. The van der Waals surface area contributed by atoms with Gasteiger partial charge in [-0.1, -0.05) is 18.6 Å². The molecular weight excluding hydrogens is 224 g/mol. The molecule has 1 aromatic carbocycles. The molecular formula is C15H22N2O.